The third-order valence-electron chi connectivity index (χ3n) is 5.89. The van der Waals surface area contributed by atoms with Gasteiger partial charge in [0.2, 0.25) is 0 Å². The number of urea groups is 1. The Morgan fingerprint density at radius 3 is 2.65 bits per heavy atom. The van der Waals surface area contributed by atoms with Crippen molar-refractivity contribution >= 4 is 61.5 Å². The van der Waals surface area contributed by atoms with Crippen LogP contribution < -0.4 is 16.0 Å². The zero-order valence-corrected chi connectivity index (χ0v) is 23.4. The molecule has 12 heteroatoms. The lowest BCUT2D eigenvalue weighted by atomic mass is 10.1. The number of benzene rings is 2. The number of thiophene rings is 1. The number of nitrogens with zero attached hydrogens (tertiary/aromatic N) is 4. The molecule has 0 saturated heterocycles. The fraction of sp³-hybridized carbons (Fsp3) is 0.179. The molecule has 9 nitrogen and oxygen atoms in total. The van der Waals surface area contributed by atoms with Crippen LogP contribution in [-0.4, -0.2) is 52.4 Å². The maximum absolute atomic E-state index is 12.9. The second kappa shape index (κ2) is 12.2. The lowest BCUT2D eigenvalue weighted by molar-refractivity contribution is 0.0827. The summed E-state index contributed by atoms with van der Waals surface area (Å²) in [6.45, 7) is 0.0122. The van der Waals surface area contributed by atoms with Crippen molar-refractivity contribution < 1.29 is 14.0 Å². The van der Waals surface area contributed by atoms with Crippen LogP contribution in [0, 0.1) is 0 Å². The second-order valence-corrected chi connectivity index (χ2v) is 11.2. The Hall–Kier alpha value is -4.42. The summed E-state index contributed by atoms with van der Waals surface area (Å²) < 4.78 is 13.8. The minimum atomic E-state index is -0.595. The first-order valence-electron chi connectivity index (χ1n) is 12.4. The van der Waals surface area contributed by atoms with E-state index in [2.05, 4.69) is 30.9 Å². The third kappa shape index (κ3) is 6.41. The Kier molecular flexibility index (Phi) is 8.27. The Morgan fingerprint density at radius 2 is 1.82 bits per heavy atom. The summed E-state index contributed by atoms with van der Waals surface area (Å²) in [7, 11) is 3.47. The molecule has 40 heavy (non-hydrogen) atoms. The van der Waals surface area contributed by atoms with E-state index in [1.165, 1.54) is 17.7 Å². The summed E-state index contributed by atoms with van der Waals surface area (Å²) >= 11 is 2.95. The van der Waals surface area contributed by atoms with Crippen LogP contribution in [0.1, 0.15) is 20.8 Å². The summed E-state index contributed by atoms with van der Waals surface area (Å²) in [5.41, 5.74) is 3.41. The van der Waals surface area contributed by atoms with Gasteiger partial charge in [0.25, 0.3) is 5.91 Å². The van der Waals surface area contributed by atoms with Crippen LogP contribution in [0.2, 0.25) is 0 Å². The van der Waals surface area contributed by atoms with Crippen molar-refractivity contribution in [3.05, 3.63) is 83.1 Å². The monoisotopic (exact) mass is 575 g/mol. The molecular formula is C28H26FN7O2S2. The van der Waals surface area contributed by atoms with Crippen LogP contribution in [0.15, 0.2) is 67.1 Å². The molecule has 0 unspecified atom stereocenters. The Balaban J connectivity index is 1.20. The van der Waals surface area contributed by atoms with Gasteiger partial charge in [-0.2, -0.15) is 0 Å². The van der Waals surface area contributed by atoms with E-state index in [0.29, 0.717) is 34.9 Å². The van der Waals surface area contributed by atoms with E-state index in [4.69, 9.17) is 0 Å². The average Bonchev–Trinajstić information content (AvgIpc) is 3.60. The van der Waals surface area contributed by atoms with Crippen molar-refractivity contribution in [2.75, 3.05) is 36.6 Å². The number of thiazole rings is 1. The van der Waals surface area contributed by atoms with E-state index >= 15 is 0 Å². The van der Waals surface area contributed by atoms with Gasteiger partial charge in [-0.3, -0.25) is 10.1 Å². The van der Waals surface area contributed by atoms with E-state index in [1.807, 2.05) is 30.3 Å². The van der Waals surface area contributed by atoms with Gasteiger partial charge in [-0.1, -0.05) is 24.3 Å². The second-order valence-electron chi connectivity index (χ2n) is 9.05. The highest BCUT2D eigenvalue weighted by molar-refractivity contribution is 7.22. The van der Waals surface area contributed by atoms with Crippen molar-refractivity contribution in [2.45, 2.75) is 13.1 Å². The number of fused-ring (bicyclic) bond motifs is 1. The molecule has 5 rings (SSSR count). The van der Waals surface area contributed by atoms with Gasteiger partial charge in [-0.05, 0) is 41.5 Å². The molecule has 0 aliphatic carbocycles. The van der Waals surface area contributed by atoms with Crippen LogP contribution in [0.5, 0.6) is 0 Å². The molecule has 204 valence electrons. The summed E-state index contributed by atoms with van der Waals surface area (Å²) in [4.78, 5) is 41.4. The van der Waals surface area contributed by atoms with E-state index in [1.54, 1.807) is 60.8 Å². The highest BCUT2D eigenvalue weighted by atomic mass is 32.1. The summed E-state index contributed by atoms with van der Waals surface area (Å²) in [6.07, 6.45) is 3.94. The molecule has 0 fully saturated rings. The van der Waals surface area contributed by atoms with Gasteiger partial charge in [-0.25, -0.2) is 24.1 Å². The molecule has 3 heterocycles. The van der Waals surface area contributed by atoms with E-state index < -0.39 is 12.7 Å². The van der Waals surface area contributed by atoms with Crippen LogP contribution in [0.25, 0.3) is 20.7 Å². The fourth-order valence-electron chi connectivity index (χ4n) is 3.96. The van der Waals surface area contributed by atoms with Gasteiger partial charge in [0, 0.05) is 54.3 Å². The van der Waals surface area contributed by atoms with Crippen molar-refractivity contribution in [1.29, 1.82) is 0 Å². The number of halogens is 1. The topological polar surface area (TPSA) is 112 Å². The molecule has 0 radical (unpaired) electrons. The first-order chi connectivity index (χ1) is 19.4. The molecule has 0 aliphatic heterocycles. The number of rotatable bonds is 9. The Morgan fingerprint density at radius 1 is 0.975 bits per heavy atom. The van der Waals surface area contributed by atoms with Gasteiger partial charge < -0.3 is 15.5 Å². The number of nitrogens with one attached hydrogen (secondary N) is 3. The molecule has 0 spiro atoms. The van der Waals surface area contributed by atoms with Crippen LogP contribution in [-0.2, 0) is 13.1 Å². The maximum atomic E-state index is 12.9. The minimum absolute atomic E-state index is 0.0458. The number of hydrogen-bond acceptors (Lipinski definition) is 8. The van der Waals surface area contributed by atoms with Crippen LogP contribution in [0.3, 0.4) is 0 Å². The quantitative estimate of drug-likeness (QED) is 0.191. The van der Waals surface area contributed by atoms with Crippen molar-refractivity contribution in [2.24, 2.45) is 0 Å². The smallest absolute Gasteiger partial charge is 0.325 e. The molecule has 0 saturated carbocycles. The normalized spacial score (nSPS) is 10.9. The van der Waals surface area contributed by atoms with Crippen molar-refractivity contribution in [1.82, 2.24) is 19.9 Å². The molecule has 0 atom stereocenters. The Labute approximate surface area is 238 Å². The van der Waals surface area contributed by atoms with E-state index in [9.17, 15) is 14.0 Å². The molecule has 2 aromatic carbocycles. The predicted molar refractivity (Wildman–Crippen MR) is 159 cm³/mol. The highest BCUT2D eigenvalue weighted by Gasteiger charge is 2.14. The zero-order valence-electron chi connectivity index (χ0n) is 21.8. The zero-order chi connectivity index (χ0) is 28.1. The van der Waals surface area contributed by atoms with Gasteiger partial charge in [0.15, 0.2) is 5.13 Å². The van der Waals surface area contributed by atoms with Gasteiger partial charge >= 0.3 is 6.03 Å². The third-order valence-corrected chi connectivity index (χ3v) is 8.04. The van der Waals surface area contributed by atoms with Crippen molar-refractivity contribution in [3.63, 3.8) is 0 Å². The first-order valence-corrected chi connectivity index (χ1v) is 14.0. The van der Waals surface area contributed by atoms with E-state index in [-0.39, 0.29) is 5.91 Å². The molecule has 5 aromatic rings. The fourth-order valence-corrected chi connectivity index (χ4v) is 5.84. The van der Waals surface area contributed by atoms with Gasteiger partial charge in [-0.15, -0.1) is 22.7 Å². The maximum Gasteiger partial charge on any atom is 0.325 e. The van der Waals surface area contributed by atoms with Crippen LogP contribution in [0.4, 0.5) is 25.8 Å². The van der Waals surface area contributed by atoms with Crippen molar-refractivity contribution in [3.8, 4) is 10.4 Å². The molecular weight excluding hydrogens is 549 g/mol. The number of hydrogen-bond donors (Lipinski definition) is 3. The predicted octanol–water partition coefficient (Wildman–Crippen LogP) is 6.28. The first kappa shape index (κ1) is 27.2. The van der Waals surface area contributed by atoms with E-state index in [0.717, 1.165) is 31.4 Å². The number of carbonyl (C=O) groups excluding carboxylic acids is 2. The molecule has 3 aromatic heterocycles. The number of aromatic nitrogens is 3. The molecule has 0 aliphatic rings. The number of carbonyl (C=O) groups is 2. The lowest BCUT2D eigenvalue weighted by Gasteiger charge is -2.10. The number of anilines is 3. The summed E-state index contributed by atoms with van der Waals surface area (Å²) in [5, 5.41) is 9.26. The average molecular weight is 576 g/mol. The number of amides is 3. The highest BCUT2D eigenvalue weighted by Crippen LogP contribution is 2.36. The minimum Gasteiger partial charge on any atom is -0.368 e. The summed E-state index contributed by atoms with van der Waals surface area (Å²) in [6, 6.07) is 15.8. The molecule has 0 bridgehead atoms. The summed E-state index contributed by atoms with van der Waals surface area (Å²) in [5.74, 6) is 0.690. The SMILES string of the molecule is CN(C)C(=O)c1cccc(-c2cc3ncnc(NCCc4cnc(NC(=O)Nc5cccc(CF)c5)s4)c3s2)c1. The molecule has 3 amide bonds. The Bertz CT molecular complexity index is 1670. The van der Waals surface area contributed by atoms with Crippen LogP contribution >= 0.6 is 22.7 Å². The largest absolute Gasteiger partial charge is 0.368 e. The standard InChI is InChI=1S/C28H26FN7O2S2/c1-36(2)26(37)19-7-4-6-18(12-19)23-13-22-24(40-23)25(33-16-32-22)30-10-9-21-15-31-28(39-21)35-27(38)34-20-8-3-5-17(11-20)14-29/h3-8,11-13,15-16H,9-10,14H2,1-2H3,(H,30,32,33)(H2,31,34,35,38). The van der Waals surface area contributed by atoms with Gasteiger partial charge in [0.05, 0.1) is 10.2 Å². The molecule has 3 N–H and O–H groups in total. The van der Waals surface area contributed by atoms with Gasteiger partial charge in [0.1, 0.15) is 18.8 Å². The lowest BCUT2D eigenvalue weighted by Crippen LogP contribution is -2.21. The number of alkyl halides is 1.